The Balaban J connectivity index is 2.26. The minimum absolute atomic E-state index is 0.297. The Labute approximate surface area is 117 Å². The van der Waals surface area contributed by atoms with E-state index in [0.29, 0.717) is 22.8 Å². The Kier molecular flexibility index (Phi) is 4.18. The lowest BCUT2D eigenvalue weighted by atomic mass is 10.1. The van der Waals surface area contributed by atoms with Crippen LogP contribution in [0.2, 0.25) is 5.15 Å². The number of aromatic nitrogens is 4. The van der Waals surface area contributed by atoms with Crippen molar-refractivity contribution in [1.29, 1.82) is 0 Å². The van der Waals surface area contributed by atoms with E-state index < -0.39 is 0 Å². The molecule has 0 saturated heterocycles. The number of halogens is 2. The van der Waals surface area contributed by atoms with E-state index in [1.54, 1.807) is 16.9 Å². The van der Waals surface area contributed by atoms with Crippen LogP contribution < -0.4 is 5.73 Å². The van der Waals surface area contributed by atoms with Gasteiger partial charge in [0.05, 0.1) is 11.5 Å². The van der Waals surface area contributed by atoms with Crippen molar-refractivity contribution in [3.05, 3.63) is 23.6 Å². The molecule has 0 aromatic carbocycles. The van der Waals surface area contributed by atoms with Gasteiger partial charge in [-0.25, -0.2) is 0 Å². The lowest BCUT2D eigenvalue weighted by Gasteiger charge is -2.00. The molecule has 5 nitrogen and oxygen atoms in total. The average Bonchev–Trinajstić information content (AvgIpc) is 2.81. The number of nitrogens with two attached hydrogens (primary N) is 1. The molecule has 0 unspecified atom stereocenters. The standard InChI is InChI=1S/C11H9BrClN5/c12-3-1-2-4-18-7-8(6-15-18)9-5-10(13)16-17-11(9)14/h5-7H,3-4H2,(H2,14,17). The molecule has 2 aromatic rings. The van der Waals surface area contributed by atoms with Crippen molar-refractivity contribution in [2.75, 3.05) is 11.1 Å². The Morgan fingerprint density at radius 3 is 3.00 bits per heavy atom. The summed E-state index contributed by atoms with van der Waals surface area (Å²) in [6, 6.07) is 1.66. The zero-order valence-corrected chi connectivity index (χ0v) is 11.6. The first-order valence-corrected chi connectivity index (χ1v) is 6.54. The summed E-state index contributed by atoms with van der Waals surface area (Å²) in [5, 5.41) is 12.6. The van der Waals surface area contributed by atoms with E-state index in [4.69, 9.17) is 17.3 Å². The number of hydrogen-bond acceptors (Lipinski definition) is 4. The summed E-state index contributed by atoms with van der Waals surface area (Å²) in [6.45, 7) is 0.526. The van der Waals surface area contributed by atoms with E-state index >= 15 is 0 Å². The Morgan fingerprint density at radius 1 is 1.39 bits per heavy atom. The smallest absolute Gasteiger partial charge is 0.154 e. The fourth-order valence-corrected chi connectivity index (χ4v) is 1.73. The Hall–Kier alpha value is -1.58. The van der Waals surface area contributed by atoms with Gasteiger partial charge in [0.15, 0.2) is 11.0 Å². The molecule has 7 heteroatoms. The highest BCUT2D eigenvalue weighted by Gasteiger charge is 2.08. The second-order valence-electron chi connectivity index (χ2n) is 3.38. The van der Waals surface area contributed by atoms with Crippen molar-refractivity contribution < 1.29 is 0 Å². The molecular formula is C11H9BrClN5. The quantitative estimate of drug-likeness (QED) is 0.677. The predicted molar refractivity (Wildman–Crippen MR) is 74.2 cm³/mol. The van der Waals surface area contributed by atoms with Gasteiger partial charge < -0.3 is 5.73 Å². The maximum Gasteiger partial charge on any atom is 0.154 e. The Morgan fingerprint density at radius 2 is 2.22 bits per heavy atom. The third-order valence-corrected chi connectivity index (χ3v) is 2.63. The van der Waals surface area contributed by atoms with Gasteiger partial charge in [-0.15, -0.1) is 10.2 Å². The molecule has 0 radical (unpaired) electrons. The zero-order chi connectivity index (χ0) is 13.0. The number of nitrogens with zero attached hydrogens (tertiary/aromatic N) is 4. The number of alkyl halides is 1. The topological polar surface area (TPSA) is 69.6 Å². The molecule has 18 heavy (non-hydrogen) atoms. The number of hydrogen-bond donors (Lipinski definition) is 1. The molecule has 0 fully saturated rings. The van der Waals surface area contributed by atoms with Crippen molar-refractivity contribution in [3.8, 4) is 23.0 Å². The SMILES string of the molecule is Nc1nnc(Cl)cc1-c1cnn(CC#CCBr)c1. The molecule has 2 aromatic heterocycles. The van der Waals surface area contributed by atoms with Gasteiger partial charge in [-0.2, -0.15) is 5.10 Å². The summed E-state index contributed by atoms with van der Waals surface area (Å²) < 4.78 is 1.72. The predicted octanol–water partition coefficient (Wildman–Crippen LogP) is 1.97. The summed E-state index contributed by atoms with van der Waals surface area (Å²) >= 11 is 9.02. The van der Waals surface area contributed by atoms with Gasteiger partial charge in [0, 0.05) is 17.3 Å². The highest BCUT2D eigenvalue weighted by Crippen LogP contribution is 2.25. The summed E-state index contributed by atoms with van der Waals surface area (Å²) in [6.07, 6.45) is 3.53. The molecule has 2 heterocycles. The average molecular weight is 327 g/mol. The number of nitrogen functional groups attached to an aromatic ring is 1. The van der Waals surface area contributed by atoms with Crippen molar-refractivity contribution in [1.82, 2.24) is 20.0 Å². The van der Waals surface area contributed by atoms with Crippen LogP contribution in [0.5, 0.6) is 0 Å². The van der Waals surface area contributed by atoms with Crippen LogP contribution in [-0.2, 0) is 6.54 Å². The fourth-order valence-electron chi connectivity index (χ4n) is 1.38. The first-order valence-electron chi connectivity index (χ1n) is 5.04. The van der Waals surface area contributed by atoms with Gasteiger partial charge in [0.25, 0.3) is 0 Å². The van der Waals surface area contributed by atoms with Gasteiger partial charge in [-0.1, -0.05) is 39.4 Å². The van der Waals surface area contributed by atoms with Gasteiger partial charge in [0.1, 0.15) is 6.54 Å². The summed E-state index contributed by atoms with van der Waals surface area (Å²) in [7, 11) is 0. The molecule has 0 spiro atoms. The van der Waals surface area contributed by atoms with Crippen molar-refractivity contribution >= 4 is 33.3 Å². The van der Waals surface area contributed by atoms with E-state index in [2.05, 4.69) is 43.1 Å². The van der Waals surface area contributed by atoms with Crippen molar-refractivity contribution in [2.24, 2.45) is 0 Å². The maximum absolute atomic E-state index is 5.79. The van der Waals surface area contributed by atoms with Crippen LogP contribution >= 0.6 is 27.5 Å². The normalized spacial score (nSPS) is 9.89. The fraction of sp³-hybridized carbons (Fsp3) is 0.182. The summed E-state index contributed by atoms with van der Waals surface area (Å²) in [5.41, 5.74) is 7.30. The van der Waals surface area contributed by atoms with Gasteiger partial charge in [0.2, 0.25) is 0 Å². The minimum atomic E-state index is 0.297. The van der Waals surface area contributed by atoms with Crippen LogP contribution in [0.15, 0.2) is 18.5 Å². The van der Waals surface area contributed by atoms with E-state index in [-0.39, 0.29) is 0 Å². The van der Waals surface area contributed by atoms with Crippen molar-refractivity contribution in [3.63, 3.8) is 0 Å². The highest BCUT2D eigenvalue weighted by molar-refractivity contribution is 9.09. The van der Waals surface area contributed by atoms with E-state index in [9.17, 15) is 0 Å². The second kappa shape index (κ2) is 5.85. The number of rotatable bonds is 2. The number of anilines is 1. The minimum Gasteiger partial charge on any atom is -0.382 e. The van der Waals surface area contributed by atoms with Crippen LogP contribution in [0.1, 0.15) is 0 Å². The molecule has 0 aliphatic carbocycles. The molecule has 92 valence electrons. The molecule has 0 saturated carbocycles. The zero-order valence-electron chi connectivity index (χ0n) is 9.27. The van der Waals surface area contributed by atoms with E-state index in [1.807, 2.05) is 6.20 Å². The van der Waals surface area contributed by atoms with Crippen LogP contribution in [-0.4, -0.2) is 25.3 Å². The Bertz CT molecular complexity index is 613. The molecule has 0 amide bonds. The maximum atomic E-state index is 5.79. The third-order valence-electron chi connectivity index (χ3n) is 2.17. The van der Waals surface area contributed by atoms with Crippen molar-refractivity contribution in [2.45, 2.75) is 6.54 Å². The van der Waals surface area contributed by atoms with Crippen LogP contribution in [0.25, 0.3) is 11.1 Å². The summed E-state index contributed by atoms with van der Waals surface area (Å²) in [5.74, 6) is 6.19. The first-order chi connectivity index (χ1) is 8.70. The monoisotopic (exact) mass is 325 g/mol. The third kappa shape index (κ3) is 3.00. The molecule has 0 bridgehead atoms. The lowest BCUT2D eigenvalue weighted by Crippen LogP contribution is -1.97. The van der Waals surface area contributed by atoms with Gasteiger partial charge in [-0.05, 0) is 6.07 Å². The first kappa shape index (κ1) is 12.9. The van der Waals surface area contributed by atoms with E-state index in [0.717, 1.165) is 11.1 Å². The van der Waals surface area contributed by atoms with Crippen LogP contribution in [0.3, 0.4) is 0 Å². The van der Waals surface area contributed by atoms with Crippen LogP contribution in [0.4, 0.5) is 5.82 Å². The molecular weight excluding hydrogens is 318 g/mol. The molecule has 2 rings (SSSR count). The largest absolute Gasteiger partial charge is 0.382 e. The lowest BCUT2D eigenvalue weighted by molar-refractivity contribution is 0.715. The summed E-state index contributed by atoms with van der Waals surface area (Å²) in [4.78, 5) is 0. The van der Waals surface area contributed by atoms with E-state index in [1.165, 1.54) is 0 Å². The molecule has 0 aliphatic rings. The molecule has 2 N–H and O–H groups in total. The molecule has 0 aliphatic heterocycles. The van der Waals surface area contributed by atoms with Crippen LogP contribution in [0, 0.1) is 11.8 Å². The molecule has 0 atom stereocenters. The second-order valence-corrected chi connectivity index (χ2v) is 4.33. The van der Waals surface area contributed by atoms with Gasteiger partial charge >= 0.3 is 0 Å². The van der Waals surface area contributed by atoms with Gasteiger partial charge in [-0.3, -0.25) is 4.68 Å². The highest BCUT2D eigenvalue weighted by atomic mass is 79.9.